The van der Waals surface area contributed by atoms with Crippen molar-refractivity contribution in [2.45, 2.75) is 5.54 Å². The Balaban J connectivity index is 1.55. The Labute approximate surface area is 179 Å². The molecule has 4 aromatic rings. The molecule has 1 spiro atoms. The second-order valence-electron chi connectivity index (χ2n) is 7.63. The number of benzene rings is 3. The molecule has 0 bridgehead atoms. The molecule has 0 aliphatic carbocycles. The molecule has 5 heteroatoms. The summed E-state index contributed by atoms with van der Waals surface area (Å²) in [5, 5.41) is 7.63. The number of carbonyl (C=O) groups is 1. The van der Waals surface area contributed by atoms with Crippen molar-refractivity contribution in [3.63, 3.8) is 0 Å². The first kappa shape index (κ1) is 17.6. The number of anilines is 2. The van der Waals surface area contributed by atoms with E-state index in [9.17, 15) is 4.79 Å². The van der Waals surface area contributed by atoms with Gasteiger partial charge in [-0.3, -0.25) is 9.69 Å². The second-order valence-corrected chi connectivity index (χ2v) is 7.63. The number of nitrogens with zero attached hydrogens (tertiary/aromatic N) is 1. The van der Waals surface area contributed by atoms with Crippen molar-refractivity contribution < 1.29 is 9.21 Å². The number of rotatable bonds is 2. The summed E-state index contributed by atoms with van der Waals surface area (Å²) in [5.74, 6) is 0.610. The second kappa shape index (κ2) is 6.64. The number of amides is 1. The minimum atomic E-state index is -1.05. The van der Waals surface area contributed by atoms with E-state index in [2.05, 4.69) is 10.6 Å². The minimum absolute atomic E-state index is 0.0677. The predicted molar refractivity (Wildman–Crippen MR) is 121 cm³/mol. The van der Waals surface area contributed by atoms with E-state index < -0.39 is 5.54 Å². The van der Waals surface area contributed by atoms with Gasteiger partial charge in [0.1, 0.15) is 5.58 Å². The Morgan fingerprint density at radius 1 is 0.839 bits per heavy atom. The summed E-state index contributed by atoms with van der Waals surface area (Å²) in [6.45, 7) is 0. The van der Waals surface area contributed by atoms with Crippen LogP contribution in [0.1, 0.15) is 11.3 Å². The van der Waals surface area contributed by atoms with Crippen molar-refractivity contribution in [3.05, 3.63) is 115 Å². The SMILES string of the molecule is O=C1N(c2ccccc2)c2ccccc2C12C=C(c1cc3ccccc3o1)NC=CN2. The Hall–Kier alpha value is -4.25. The highest BCUT2D eigenvalue weighted by Crippen LogP contribution is 2.46. The molecule has 5 nitrogen and oxygen atoms in total. The lowest BCUT2D eigenvalue weighted by molar-refractivity contribution is -0.121. The smallest absolute Gasteiger partial charge is 0.266 e. The first-order valence-electron chi connectivity index (χ1n) is 10.2. The van der Waals surface area contributed by atoms with Crippen LogP contribution in [0, 0.1) is 0 Å². The van der Waals surface area contributed by atoms with Gasteiger partial charge in [-0.2, -0.15) is 0 Å². The molecule has 150 valence electrons. The van der Waals surface area contributed by atoms with Gasteiger partial charge in [0.2, 0.25) is 0 Å². The minimum Gasteiger partial charge on any atom is -0.455 e. The zero-order valence-electron chi connectivity index (χ0n) is 16.6. The molecule has 3 heterocycles. The topological polar surface area (TPSA) is 57.5 Å². The summed E-state index contributed by atoms with van der Waals surface area (Å²) < 4.78 is 6.08. The van der Waals surface area contributed by atoms with Crippen molar-refractivity contribution in [2.24, 2.45) is 0 Å². The maximum Gasteiger partial charge on any atom is 0.266 e. The van der Waals surface area contributed by atoms with Gasteiger partial charge in [-0.05, 0) is 36.4 Å². The molecule has 0 saturated heterocycles. The monoisotopic (exact) mass is 405 g/mol. The third kappa shape index (κ3) is 2.60. The Bertz CT molecular complexity index is 1340. The zero-order valence-corrected chi connectivity index (χ0v) is 16.6. The van der Waals surface area contributed by atoms with E-state index in [1.165, 1.54) is 0 Å². The fourth-order valence-corrected chi connectivity index (χ4v) is 4.38. The van der Waals surface area contributed by atoms with Crippen molar-refractivity contribution >= 4 is 33.9 Å². The highest BCUT2D eigenvalue weighted by atomic mass is 16.3. The van der Waals surface area contributed by atoms with Crippen LogP contribution in [0.3, 0.4) is 0 Å². The van der Waals surface area contributed by atoms with E-state index in [0.29, 0.717) is 5.76 Å². The number of furan rings is 1. The summed E-state index contributed by atoms with van der Waals surface area (Å²) in [7, 11) is 0. The van der Waals surface area contributed by atoms with Crippen LogP contribution in [0.2, 0.25) is 0 Å². The van der Waals surface area contributed by atoms with E-state index in [4.69, 9.17) is 4.42 Å². The van der Waals surface area contributed by atoms with Crippen LogP contribution in [0.5, 0.6) is 0 Å². The van der Waals surface area contributed by atoms with E-state index in [1.807, 2.05) is 91.0 Å². The first-order valence-corrected chi connectivity index (χ1v) is 10.2. The quantitative estimate of drug-likeness (QED) is 0.492. The van der Waals surface area contributed by atoms with Gasteiger partial charge in [0, 0.05) is 29.0 Å². The fourth-order valence-electron chi connectivity index (χ4n) is 4.38. The molecule has 2 aliphatic rings. The molecule has 2 N–H and O–H groups in total. The lowest BCUT2D eigenvalue weighted by Crippen LogP contribution is -2.46. The van der Waals surface area contributed by atoms with Gasteiger partial charge in [0.25, 0.3) is 5.91 Å². The first-order chi connectivity index (χ1) is 15.3. The number of nitrogens with one attached hydrogen (secondary N) is 2. The predicted octanol–water partition coefficient (Wildman–Crippen LogP) is 5.01. The van der Waals surface area contributed by atoms with Gasteiger partial charge in [-0.25, -0.2) is 0 Å². The third-order valence-corrected chi connectivity index (χ3v) is 5.81. The van der Waals surface area contributed by atoms with Gasteiger partial charge in [-0.15, -0.1) is 0 Å². The average Bonchev–Trinajstić information content (AvgIpc) is 3.24. The third-order valence-electron chi connectivity index (χ3n) is 5.81. The summed E-state index contributed by atoms with van der Waals surface area (Å²) in [6, 6.07) is 27.5. The van der Waals surface area contributed by atoms with Crippen molar-refractivity contribution in [2.75, 3.05) is 4.90 Å². The molecule has 0 saturated carbocycles. The number of hydrogen-bond donors (Lipinski definition) is 2. The highest BCUT2D eigenvalue weighted by Gasteiger charge is 2.50. The largest absolute Gasteiger partial charge is 0.455 e. The normalized spacial score (nSPS) is 19.7. The van der Waals surface area contributed by atoms with Gasteiger partial charge in [0.15, 0.2) is 11.3 Å². The van der Waals surface area contributed by atoms with Crippen LogP contribution in [0.4, 0.5) is 11.4 Å². The van der Waals surface area contributed by atoms with E-state index in [-0.39, 0.29) is 5.91 Å². The molecule has 1 amide bonds. The van der Waals surface area contributed by atoms with Gasteiger partial charge in [-0.1, -0.05) is 54.6 Å². The lowest BCUT2D eigenvalue weighted by Gasteiger charge is -2.26. The van der Waals surface area contributed by atoms with Crippen LogP contribution in [-0.4, -0.2) is 5.91 Å². The maximum atomic E-state index is 14.0. The van der Waals surface area contributed by atoms with Gasteiger partial charge >= 0.3 is 0 Å². The van der Waals surface area contributed by atoms with Crippen molar-refractivity contribution in [3.8, 4) is 0 Å². The van der Waals surface area contributed by atoms with Crippen molar-refractivity contribution in [1.29, 1.82) is 0 Å². The zero-order chi connectivity index (χ0) is 20.8. The van der Waals surface area contributed by atoms with Crippen molar-refractivity contribution in [1.82, 2.24) is 10.6 Å². The van der Waals surface area contributed by atoms with Gasteiger partial charge < -0.3 is 15.1 Å². The van der Waals surface area contributed by atoms with E-state index >= 15 is 0 Å². The summed E-state index contributed by atoms with van der Waals surface area (Å²) in [6.07, 6.45) is 5.49. The summed E-state index contributed by atoms with van der Waals surface area (Å²) in [4.78, 5) is 15.7. The van der Waals surface area contributed by atoms with Crippen LogP contribution in [-0.2, 0) is 10.3 Å². The van der Waals surface area contributed by atoms with E-state index in [1.54, 1.807) is 17.3 Å². The maximum absolute atomic E-state index is 14.0. The molecule has 2 aliphatic heterocycles. The lowest BCUT2D eigenvalue weighted by atomic mass is 9.90. The molecular formula is C26H19N3O2. The molecule has 1 atom stereocenters. The Morgan fingerprint density at radius 3 is 2.48 bits per heavy atom. The Kier molecular flexibility index (Phi) is 3.77. The molecule has 0 fully saturated rings. The number of hydrogen-bond acceptors (Lipinski definition) is 4. The standard InChI is InChI=1S/C26H19N3O2/c30-25-26(20-11-5-6-12-22(20)29(25)19-9-2-1-3-10-19)17-21(27-14-15-28-26)24-16-18-8-4-7-13-23(18)31-24/h1-17,27-28H. The highest BCUT2D eigenvalue weighted by molar-refractivity contribution is 6.14. The van der Waals surface area contributed by atoms with E-state index in [0.717, 1.165) is 33.6 Å². The number of carbonyl (C=O) groups excluding carboxylic acids is 1. The van der Waals surface area contributed by atoms with Gasteiger partial charge in [0.05, 0.1) is 11.4 Å². The Morgan fingerprint density at radius 2 is 1.61 bits per heavy atom. The molecule has 6 rings (SSSR count). The molecule has 3 aromatic carbocycles. The van der Waals surface area contributed by atoms with Crippen LogP contribution >= 0.6 is 0 Å². The van der Waals surface area contributed by atoms with Crippen LogP contribution < -0.4 is 15.5 Å². The molecule has 1 aromatic heterocycles. The molecule has 31 heavy (non-hydrogen) atoms. The number of fused-ring (bicyclic) bond motifs is 3. The molecular weight excluding hydrogens is 386 g/mol. The molecule has 1 unspecified atom stereocenters. The fraction of sp³-hybridized carbons (Fsp3) is 0.0385. The van der Waals surface area contributed by atoms with Crippen LogP contribution in [0.15, 0.2) is 108 Å². The van der Waals surface area contributed by atoms with Crippen LogP contribution in [0.25, 0.3) is 16.7 Å². The average molecular weight is 405 g/mol. The summed E-state index contributed by atoms with van der Waals surface area (Å²) >= 11 is 0. The number of para-hydroxylation sites is 3. The molecule has 0 radical (unpaired) electrons. The summed E-state index contributed by atoms with van der Waals surface area (Å²) in [5.41, 5.74) is 3.07.